The van der Waals surface area contributed by atoms with Crippen molar-refractivity contribution in [2.75, 3.05) is 4.90 Å². The van der Waals surface area contributed by atoms with Gasteiger partial charge in [0.25, 0.3) is 5.78 Å². The Kier molecular flexibility index (Phi) is 5.45. The Balaban J connectivity index is 1.73. The average molecular weight is 574 g/mol. The van der Waals surface area contributed by atoms with Crippen molar-refractivity contribution in [3.8, 4) is 0 Å². The molecule has 1 saturated heterocycles. The summed E-state index contributed by atoms with van der Waals surface area (Å²) >= 11 is 3.21. The zero-order chi connectivity index (χ0) is 23.3. The number of hydrogen-bond acceptors (Lipinski definition) is 5. The molecule has 0 bridgehead atoms. The van der Waals surface area contributed by atoms with Gasteiger partial charge in [-0.05, 0) is 82.8 Å². The molecule has 1 fully saturated rings. The third-order valence-corrected chi connectivity index (χ3v) is 7.03. The number of hydrogen-bond donors (Lipinski definition) is 1. The molecule has 1 atom stereocenters. The van der Waals surface area contributed by atoms with E-state index in [0.717, 1.165) is 27.0 Å². The minimum Gasteiger partial charge on any atom is -0.507 e. The SMILES string of the molecule is O=C1C(=O)N(c2nc3ccc(F)cc3s2)C(c2ccc(I)cc2)C1=C(O)c1ccc(F)cc1. The van der Waals surface area contributed by atoms with Gasteiger partial charge in [-0.25, -0.2) is 13.8 Å². The van der Waals surface area contributed by atoms with Gasteiger partial charge in [-0.3, -0.25) is 14.5 Å². The van der Waals surface area contributed by atoms with Crippen molar-refractivity contribution in [1.82, 2.24) is 4.98 Å². The highest BCUT2D eigenvalue weighted by Crippen LogP contribution is 2.44. The first-order valence-corrected chi connectivity index (χ1v) is 11.6. The molecule has 1 unspecified atom stereocenters. The standard InChI is InChI=1S/C24H13F2IN2O3S/c25-14-5-1-13(2-6-14)21(30)19-20(12-3-8-16(27)9-4-12)29(23(32)22(19)31)24-28-17-10-7-15(26)11-18(17)33-24/h1-11,20,30H. The highest BCUT2D eigenvalue weighted by Gasteiger charge is 2.48. The van der Waals surface area contributed by atoms with Crippen LogP contribution in [-0.4, -0.2) is 21.8 Å². The molecule has 2 heterocycles. The van der Waals surface area contributed by atoms with Crippen LogP contribution < -0.4 is 4.90 Å². The molecule has 3 aromatic carbocycles. The molecule has 1 amide bonds. The van der Waals surface area contributed by atoms with Gasteiger partial charge in [0.15, 0.2) is 5.13 Å². The molecule has 1 aliphatic rings. The van der Waals surface area contributed by atoms with Crippen molar-refractivity contribution in [2.45, 2.75) is 6.04 Å². The minimum atomic E-state index is -0.961. The fourth-order valence-electron chi connectivity index (χ4n) is 3.74. The number of benzene rings is 3. The number of amides is 1. The maximum absolute atomic E-state index is 13.7. The van der Waals surface area contributed by atoms with E-state index in [1.54, 1.807) is 12.1 Å². The Labute approximate surface area is 204 Å². The van der Waals surface area contributed by atoms with Crippen molar-refractivity contribution in [2.24, 2.45) is 0 Å². The first-order valence-electron chi connectivity index (χ1n) is 9.72. The molecule has 5 nitrogen and oxygen atoms in total. The van der Waals surface area contributed by atoms with Gasteiger partial charge in [0.05, 0.1) is 21.8 Å². The van der Waals surface area contributed by atoms with Gasteiger partial charge in [0.1, 0.15) is 17.4 Å². The van der Waals surface area contributed by atoms with Crippen LogP contribution in [0.15, 0.2) is 72.3 Å². The third kappa shape index (κ3) is 3.80. The Bertz CT molecular complexity index is 1450. The zero-order valence-corrected chi connectivity index (χ0v) is 19.6. The maximum atomic E-state index is 13.7. The Morgan fingerprint density at radius 1 is 0.970 bits per heavy atom. The lowest BCUT2D eigenvalue weighted by atomic mass is 9.95. The second-order valence-corrected chi connectivity index (χ2v) is 9.59. The van der Waals surface area contributed by atoms with E-state index in [1.807, 2.05) is 12.1 Å². The zero-order valence-electron chi connectivity index (χ0n) is 16.6. The maximum Gasteiger partial charge on any atom is 0.301 e. The van der Waals surface area contributed by atoms with Gasteiger partial charge in [0.2, 0.25) is 0 Å². The molecular formula is C24H13F2IN2O3S. The lowest BCUT2D eigenvalue weighted by Gasteiger charge is -2.23. The molecule has 33 heavy (non-hydrogen) atoms. The Hall–Kier alpha value is -3.18. The summed E-state index contributed by atoms with van der Waals surface area (Å²) in [4.78, 5) is 32.0. The molecule has 1 aromatic heterocycles. The third-order valence-electron chi connectivity index (χ3n) is 5.29. The van der Waals surface area contributed by atoms with E-state index in [9.17, 15) is 23.5 Å². The van der Waals surface area contributed by atoms with Crippen molar-refractivity contribution in [1.29, 1.82) is 0 Å². The smallest absolute Gasteiger partial charge is 0.301 e. The van der Waals surface area contributed by atoms with Crippen LogP contribution in [-0.2, 0) is 9.59 Å². The lowest BCUT2D eigenvalue weighted by molar-refractivity contribution is -0.132. The summed E-state index contributed by atoms with van der Waals surface area (Å²) < 4.78 is 28.6. The van der Waals surface area contributed by atoms with E-state index < -0.39 is 35.1 Å². The average Bonchev–Trinajstić information content (AvgIpc) is 3.32. The number of fused-ring (bicyclic) bond motifs is 1. The van der Waals surface area contributed by atoms with E-state index >= 15 is 0 Å². The topological polar surface area (TPSA) is 70.5 Å². The van der Waals surface area contributed by atoms with Crippen LogP contribution in [0, 0.1) is 15.2 Å². The second kappa shape index (κ2) is 8.31. The van der Waals surface area contributed by atoms with E-state index in [1.165, 1.54) is 35.2 Å². The van der Waals surface area contributed by atoms with Crippen LogP contribution in [0.5, 0.6) is 0 Å². The molecule has 0 aliphatic carbocycles. The number of carbonyl (C=O) groups is 2. The predicted octanol–water partition coefficient (Wildman–Crippen LogP) is 5.81. The van der Waals surface area contributed by atoms with Gasteiger partial charge >= 0.3 is 5.91 Å². The summed E-state index contributed by atoms with van der Waals surface area (Å²) in [5.74, 6) is -3.09. The molecule has 0 spiro atoms. The van der Waals surface area contributed by atoms with Gasteiger partial charge < -0.3 is 5.11 Å². The highest BCUT2D eigenvalue weighted by atomic mass is 127. The van der Waals surface area contributed by atoms with E-state index in [0.29, 0.717) is 15.8 Å². The number of ketones is 1. The molecule has 0 radical (unpaired) electrons. The number of aliphatic hydroxyl groups excluding tert-OH is 1. The molecule has 0 saturated carbocycles. The quantitative estimate of drug-likeness (QED) is 0.145. The molecule has 5 rings (SSSR count). The van der Waals surface area contributed by atoms with Crippen molar-refractivity contribution < 1.29 is 23.5 Å². The normalized spacial score (nSPS) is 17.8. The molecule has 1 aliphatic heterocycles. The number of nitrogens with zero attached hydrogens (tertiary/aromatic N) is 2. The fraction of sp³-hybridized carbons (Fsp3) is 0.0417. The summed E-state index contributed by atoms with van der Waals surface area (Å²) in [5, 5.41) is 11.2. The van der Waals surface area contributed by atoms with Crippen LogP contribution in [0.2, 0.25) is 0 Å². The summed E-state index contributed by atoms with van der Waals surface area (Å²) in [5.41, 5.74) is 1.15. The number of aromatic nitrogens is 1. The van der Waals surface area contributed by atoms with Crippen LogP contribution in [0.4, 0.5) is 13.9 Å². The summed E-state index contributed by atoms with van der Waals surface area (Å²) in [7, 11) is 0. The first kappa shape index (κ1) is 21.7. The Morgan fingerprint density at radius 3 is 2.33 bits per heavy atom. The van der Waals surface area contributed by atoms with E-state index in [-0.39, 0.29) is 16.3 Å². The second-order valence-electron chi connectivity index (χ2n) is 7.34. The van der Waals surface area contributed by atoms with Gasteiger partial charge in [-0.2, -0.15) is 0 Å². The highest BCUT2D eigenvalue weighted by molar-refractivity contribution is 14.1. The fourth-order valence-corrected chi connectivity index (χ4v) is 5.12. The predicted molar refractivity (Wildman–Crippen MR) is 130 cm³/mol. The number of rotatable bonds is 3. The molecule has 9 heteroatoms. The Morgan fingerprint density at radius 2 is 1.64 bits per heavy atom. The lowest BCUT2D eigenvalue weighted by Crippen LogP contribution is -2.29. The molecule has 1 N–H and O–H groups in total. The van der Waals surface area contributed by atoms with Crippen LogP contribution in [0.25, 0.3) is 16.0 Å². The molecule has 4 aromatic rings. The monoisotopic (exact) mass is 574 g/mol. The van der Waals surface area contributed by atoms with Crippen LogP contribution in [0.3, 0.4) is 0 Å². The largest absolute Gasteiger partial charge is 0.507 e. The first-order chi connectivity index (χ1) is 15.8. The van der Waals surface area contributed by atoms with Gasteiger partial charge in [0, 0.05) is 9.13 Å². The number of halogens is 3. The van der Waals surface area contributed by atoms with Crippen LogP contribution in [0.1, 0.15) is 17.2 Å². The number of Topliss-reactive ketones (excluding diaryl/α,β-unsaturated/α-hetero) is 1. The van der Waals surface area contributed by atoms with Gasteiger partial charge in [-0.1, -0.05) is 23.5 Å². The summed E-state index contributed by atoms with van der Waals surface area (Å²) in [6.07, 6.45) is 0. The number of anilines is 1. The van der Waals surface area contributed by atoms with Crippen molar-refractivity contribution >= 4 is 66.7 Å². The number of aliphatic hydroxyl groups is 1. The summed E-state index contributed by atoms with van der Waals surface area (Å²) in [6.45, 7) is 0. The molecular weight excluding hydrogens is 561 g/mol. The van der Waals surface area contributed by atoms with E-state index in [2.05, 4.69) is 27.6 Å². The summed E-state index contributed by atoms with van der Waals surface area (Å²) in [6, 6.07) is 15.3. The number of carbonyl (C=O) groups excluding carboxylic acids is 2. The van der Waals surface area contributed by atoms with Crippen LogP contribution >= 0.6 is 33.9 Å². The van der Waals surface area contributed by atoms with E-state index in [4.69, 9.17) is 0 Å². The number of thiazole rings is 1. The van der Waals surface area contributed by atoms with Crippen molar-refractivity contribution in [3.05, 3.63) is 98.6 Å². The van der Waals surface area contributed by atoms with Crippen molar-refractivity contribution in [3.63, 3.8) is 0 Å². The van der Waals surface area contributed by atoms with Gasteiger partial charge in [-0.15, -0.1) is 0 Å². The minimum absolute atomic E-state index is 0.127. The molecule has 164 valence electrons.